The first-order valence-electron chi connectivity index (χ1n) is 13.6. The van der Waals surface area contributed by atoms with Gasteiger partial charge in [0, 0.05) is 18.2 Å². The number of ether oxygens (including phenoxy) is 2. The highest BCUT2D eigenvalue weighted by molar-refractivity contribution is 7.80. The molecule has 3 atom stereocenters. The van der Waals surface area contributed by atoms with E-state index >= 15 is 0 Å². The maximum absolute atomic E-state index is 14.0. The predicted molar refractivity (Wildman–Crippen MR) is 165 cm³/mol. The molecule has 0 fully saturated rings. The minimum Gasteiger partial charge on any atom is -0.458 e. The molecule has 9 nitrogen and oxygen atoms in total. The molecule has 0 spiro atoms. The van der Waals surface area contributed by atoms with Crippen molar-refractivity contribution in [2.24, 2.45) is 0 Å². The Bertz CT molecular complexity index is 1290. The van der Waals surface area contributed by atoms with Crippen LogP contribution in [0.25, 0.3) is 0 Å². The van der Waals surface area contributed by atoms with Crippen molar-refractivity contribution in [2.75, 3.05) is 5.75 Å². The van der Waals surface area contributed by atoms with E-state index in [1.54, 1.807) is 59.7 Å². The highest BCUT2D eigenvalue weighted by Crippen LogP contribution is 2.24. The van der Waals surface area contributed by atoms with Crippen LogP contribution in [0.4, 0.5) is 4.79 Å². The molecule has 2 aromatic rings. The number of amides is 3. The number of benzene rings is 2. The first-order valence-corrected chi connectivity index (χ1v) is 14.2. The molecule has 0 saturated carbocycles. The highest BCUT2D eigenvalue weighted by atomic mass is 32.1. The van der Waals surface area contributed by atoms with Crippen LogP contribution < -0.4 is 10.6 Å². The van der Waals surface area contributed by atoms with Crippen LogP contribution in [-0.2, 0) is 30.3 Å². The van der Waals surface area contributed by atoms with E-state index in [1.165, 1.54) is 0 Å². The number of nitrogens with zero attached hydrogens (tertiary/aromatic N) is 1. The van der Waals surface area contributed by atoms with Crippen LogP contribution >= 0.6 is 12.6 Å². The molecule has 42 heavy (non-hydrogen) atoms. The van der Waals surface area contributed by atoms with Gasteiger partial charge in [-0.3, -0.25) is 14.5 Å². The third-order valence-corrected chi connectivity index (χ3v) is 6.07. The van der Waals surface area contributed by atoms with Crippen LogP contribution in [0.3, 0.4) is 0 Å². The molecular formula is C32H41N3O6S. The van der Waals surface area contributed by atoms with Gasteiger partial charge in [0.25, 0.3) is 5.91 Å². The van der Waals surface area contributed by atoms with E-state index in [4.69, 9.17) is 15.9 Å². The summed E-state index contributed by atoms with van der Waals surface area (Å²) in [5.74, 6) is -2.21. The van der Waals surface area contributed by atoms with Crippen LogP contribution in [0.1, 0.15) is 64.3 Å². The standard InChI is InChI=1S/C32H41N3O6S/c1-9-35(28(37)25(20-42)34-30(39)41-32(6,7)8)26(23-17-13-14-21(2)18-23)27(36)33-24(29(38)40-31(3,4)5)19-22-15-11-10-12-16-22/h1,10-18,24-26,42H,19-20H2,2-8H3,(H,33,36)(H,34,39). The number of carbonyl (C=O) groups is 4. The second-order valence-corrected chi connectivity index (χ2v) is 12.2. The van der Waals surface area contributed by atoms with Crippen molar-refractivity contribution >= 4 is 36.5 Å². The van der Waals surface area contributed by atoms with Crippen LogP contribution in [0.5, 0.6) is 0 Å². The molecule has 0 aliphatic rings. The lowest BCUT2D eigenvalue weighted by Crippen LogP contribution is -2.54. The van der Waals surface area contributed by atoms with Gasteiger partial charge in [0.1, 0.15) is 29.3 Å². The van der Waals surface area contributed by atoms with Gasteiger partial charge in [0.05, 0.1) is 0 Å². The number of aryl methyl sites for hydroxylation is 1. The molecule has 226 valence electrons. The average molecular weight is 596 g/mol. The monoisotopic (exact) mass is 595 g/mol. The summed E-state index contributed by atoms with van der Waals surface area (Å²) in [6.45, 7) is 12.1. The summed E-state index contributed by atoms with van der Waals surface area (Å²) in [5, 5.41) is 5.25. The van der Waals surface area contributed by atoms with E-state index in [9.17, 15) is 19.2 Å². The summed E-state index contributed by atoms with van der Waals surface area (Å²) < 4.78 is 10.9. The second kappa shape index (κ2) is 14.8. The Balaban J connectivity index is 2.48. The predicted octanol–water partition coefficient (Wildman–Crippen LogP) is 4.35. The van der Waals surface area contributed by atoms with Crippen LogP contribution in [0.2, 0.25) is 0 Å². The maximum Gasteiger partial charge on any atom is 0.408 e. The minimum atomic E-state index is -1.34. The van der Waals surface area contributed by atoms with Gasteiger partial charge in [0.15, 0.2) is 0 Å². The van der Waals surface area contributed by atoms with E-state index in [0.29, 0.717) is 5.56 Å². The van der Waals surface area contributed by atoms with Gasteiger partial charge < -0.3 is 20.1 Å². The van der Waals surface area contributed by atoms with Crippen molar-refractivity contribution in [1.82, 2.24) is 15.5 Å². The molecule has 0 aliphatic heterocycles. The van der Waals surface area contributed by atoms with E-state index in [1.807, 2.05) is 43.3 Å². The summed E-state index contributed by atoms with van der Waals surface area (Å²) in [6, 6.07) is 14.8. The number of carbonyl (C=O) groups excluding carboxylic acids is 4. The quantitative estimate of drug-likeness (QED) is 0.163. The average Bonchev–Trinajstić information content (AvgIpc) is 2.88. The number of rotatable bonds is 10. The zero-order chi connectivity index (χ0) is 31.7. The van der Waals surface area contributed by atoms with Gasteiger partial charge in [-0.1, -0.05) is 66.6 Å². The van der Waals surface area contributed by atoms with Crippen molar-refractivity contribution < 1.29 is 28.7 Å². The number of hydrogen-bond donors (Lipinski definition) is 3. The molecule has 0 aliphatic carbocycles. The lowest BCUT2D eigenvalue weighted by molar-refractivity contribution is -0.159. The summed E-state index contributed by atoms with van der Waals surface area (Å²) in [7, 11) is 0. The first-order chi connectivity index (χ1) is 19.5. The zero-order valence-electron chi connectivity index (χ0n) is 25.3. The SMILES string of the molecule is C#CN(C(=O)C(CS)NC(=O)OC(C)(C)C)C(C(=O)NC(Cc1ccccc1)C(=O)OC(C)(C)C)c1cccc(C)c1. The molecule has 2 N–H and O–H groups in total. The summed E-state index contributed by atoms with van der Waals surface area (Å²) >= 11 is 4.23. The fourth-order valence-corrected chi connectivity index (χ4v) is 4.24. The zero-order valence-corrected chi connectivity index (χ0v) is 26.2. The first kappa shape index (κ1) is 34.2. The van der Waals surface area contributed by atoms with Crippen molar-refractivity contribution in [3.05, 3.63) is 71.3 Å². The fraction of sp³-hybridized carbons (Fsp3) is 0.438. The molecule has 0 radical (unpaired) electrons. The highest BCUT2D eigenvalue weighted by Gasteiger charge is 2.37. The number of nitrogens with one attached hydrogen (secondary N) is 2. The molecule has 0 bridgehead atoms. The van der Waals surface area contributed by atoms with Gasteiger partial charge in [-0.25, -0.2) is 9.59 Å². The van der Waals surface area contributed by atoms with Crippen molar-refractivity contribution in [2.45, 2.75) is 84.2 Å². The summed E-state index contributed by atoms with van der Waals surface area (Å²) in [4.78, 5) is 54.3. The van der Waals surface area contributed by atoms with Crippen molar-refractivity contribution in [3.63, 3.8) is 0 Å². The molecule has 2 rings (SSSR count). The lowest BCUT2D eigenvalue weighted by Gasteiger charge is -2.31. The Kier molecular flexibility index (Phi) is 12.0. The second-order valence-electron chi connectivity index (χ2n) is 11.8. The molecule has 2 aromatic carbocycles. The van der Waals surface area contributed by atoms with Crippen LogP contribution in [-0.4, -0.2) is 57.8 Å². The molecule has 0 aromatic heterocycles. The number of terminal acetylenes is 1. The number of esters is 1. The smallest absolute Gasteiger partial charge is 0.408 e. The third kappa shape index (κ3) is 10.8. The van der Waals surface area contributed by atoms with E-state index in [-0.39, 0.29) is 12.2 Å². The fourth-order valence-electron chi connectivity index (χ4n) is 3.99. The van der Waals surface area contributed by atoms with Gasteiger partial charge >= 0.3 is 12.1 Å². The molecular weight excluding hydrogens is 554 g/mol. The lowest BCUT2D eigenvalue weighted by atomic mass is 10.00. The van der Waals surface area contributed by atoms with E-state index in [0.717, 1.165) is 16.0 Å². The Labute approximate surface area is 254 Å². The normalized spacial score (nSPS) is 13.5. The number of hydrogen-bond acceptors (Lipinski definition) is 7. The van der Waals surface area contributed by atoms with Crippen LogP contribution in [0.15, 0.2) is 54.6 Å². The number of alkyl carbamates (subject to hydrolysis) is 1. The Morgan fingerprint density at radius 2 is 1.52 bits per heavy atom. The Morgan fingerprint density at radius 3 is 2.05 bits per heavy atom. The van der Waals surface area contributed by atoms with Gasteiger partial charge in [-0.15, -0.1) is 0 Å². The summed E-state index contributed by atoms with van der Waals surface area (Å²) in [6.07, 6.45) is 5.13. The molecule has 0 saturated heterocycles. The van der Waals surface area contributed by atoms with Crippen molar-refractivity contribution in [1.29, 1.82) is 0 Å². The van der Waals surface area contributed by atoms with Gasteiger partial charge in [0.2, 0.25) is 5.91 Å². The maximum atomic E-state index is 14.0. The molecule has 10 heteroatoms. The number of thiol groups is 1. The topological polar surface area (TPSA) is 114 Å². The molecule has 0 heterocycles. The van der Waals surface area contributed by atoms with E-state index in [2.05, 4.69) is 29.3 Å². The van der Waals surface area contributed by atoms with Gasteiger partial charge in [-0.2, -0.15) is 12.6 Å². The van der Waals surface area contributed by atoms with E-state index < -0.39 is 53.2 Å². The van der Waals surface area contributed by atoms with Gasteiger partial charge in [-0.05, 0) is 59.6 Å². The summed E-state index contributed by atoms with van der Waals surface area (Å²) in [5.41, 5.74) is 0.416. The molecule has 3 unspecified atom stereocenters. The van der Waals surface area contributed by atoms with Crippen LogP contribution in [0, 0.1) is 19.4 Å². The largest absolute Gasteiger partial charge is 0.458 e. The molecule has 3 amide bonds. The Hall–Kier alpha value is -3.97. The Morgan fingerprint density at radius 1 is 0.905 bits per heavy atom. The minimum absolute atomic E-state index is 0.118. The van der Waals surface area contributed by atoms with Crippen molar-refractivity contribution in [3.8, 4) is 12.5 Å². The third-order valence-electron chi connectivity index (χ3n) is 5.70.